The molecule has 0 aliphatic carbocycles. The molecule has 0 N–H and O–H groups in total. The summed E-state index contributed by atoms with van der Waals surface area (Å²) in [5.74, 6) is 0.793. The van der Waals surface area contributed by atoms with Gasteiger partial charge in [0.15, 0.2) is 0 Å². The van der Waals surface area contributed by atoms with Gasteiger partial charge in [0.05, 0.1) is 19.1 Å². The monoisotopic (exact) mass is 330 g/mol. The molecule has 1 amide bonds. The highest BCUT2D eigenvalue weighted by Gasteiger charge is 2.16. The molecule has 126 valence electrons. The fourth-order valence-electron chi connectivity index (χ4n) is 2.27. The van der Waals surface area contributed by atoms with E-state index in [1.165, 1.54) is 31.3 Å². The van der Waals surface area contributed by atoms with Crippen molar-refractivity contribution in [1.82, 2.24) is 4.90 Å². The Bertz CT molecular complexity index is 738. The summed E-state index contributed by atoms with van der Waals surface area (Å²) in [6.45, 7) is 0.250. The Labute approximate surface area is 139 Å². The number of nitro benzene ring substituents is 1. The van der Waals surface area contributed by atoms with E-state index in [2.05, 4.69) is 0 Å². The Morgan fingerprint density at radius 1 is 1.12 bits per heavy atom. The Hall–Kier alpha value is -3.09. The van der Waals surface area contributed by atoms with Crippen LogP contribution in [-0.2, 0) is 6.54 Å². The molecule has 0 saturated heterocycles. The summed E-state index contributed by atoms with van der Waals surface area (Å²) in [6.07, 6.45) is 0. The lowest BCUT2D eigenvalue weighted by Crippen LogP contribution is -2.26. The highest BCUT2D eigenvalue weighted by Crippen LogP contribution is 2.24. The van der Waals surface area contributed by atoms with Gasteiger partial charge in [0.2, 0.25) is 0 Å². The van der Waals surface area contributed by atoms with Gasteiger partial charge in [-0.2, -0.15) is 0 Å². The zero-order valence-corrected chi connectivity index (χ0v) is 13.7. The van der Waals surface area contributed by atoms with E-state index in [0.29, 0.717) is 22.6 Å². The molecule has 2 aromatic rings. The fraction of sp³-hybridized carbons (Fsp3) is 0.235. The molecule has 0 radical (unpaired) electrons. The quantitative estimate of drug-likeness (QED) is 0.601. The van der Waals surface area contributed by atoms with Gasteiger partial charge >= 0.3 is 0 Å². The minimum atomic E-state index is -0.460. The maximum Gasteiger partial charge on any atom is 0.269 e. The van der Waals surface area contributed by atoms with E-state index in [1.54, 1.807) is 37.4 Å². The second-order valence-electron chi connectivity index (χ2n) is 5.19. The van der Waals surface area contributed by atoms with E-state index in [-0.39, 0.29) is 18.1 Å². The molecule has 0 aliphatic heterocycles. The lowest BCUT2D eigenvalue weighted by molar-refractivity contribution is -0.384. The van der Waals surface area contributed by atoms with E-state index in [1.807, 2.05) is 0 Å². The van der Waals surface area contributed by atoms with Crippen LogP contribution in [0.5, 0.6) is 11.5 Å². The van der Waals surface area contributed by atoms with Crippen LogP contribution >= 0.6 is 0 Å². The molecule has 0 aliphatic rings. The summed E-state index contributed by atoms with van der Waals surface area (Å²) in [7, 11) is 4.65. The van der Waals surface area contributed by atoms with Crippen molar-refractivity contribution >= 4 is 11.6 Å². The van der Waals surface area contributed by atoms with Crippen molar-refractivity contribution in [3.63, 3.8) is 0 Å². The van der Waals surface area contributed by atoms with Crippen LogP contribution in [0.3, 0.4) is 0 Å². The normalized spacial score (nSPS) is 10.1. The molecule has 0 unspecified atom stereocenters. The lowest BCUT2D eigenvalue weighted by atomic mass is 10.1. The summed E-state index contributed by atoms with van der Waals surface area (Å²) < 4.78 is 10.3. The van der Waals surface area contributed by atoms with Crippen LogP contribution in [0.1, 0.15) is 15.9 Å². The number of rotatable bonds is 6. The number of amides is 1. The molecule has 0 aromatic heterocycles. The number of methoxy groups -OCH3 is 2. The Morgan fingerprint density at radius 3 is 2.29 bits per heavy atom. The molecule has 0 spiro atoms. The summed E-state index contributed by atoms with van der Waals surface area (Å²) in [5, 5.41) is 10.8. The smallest absolute Gasteiger partial charge is 0.269 e. The summed E-state index contributed by atoms with van der Waals surface area (Å²) in [6, 6.07) is 11.1. The van der Waals surface area contributed by atoms with E-state index < -0.39 is 4.92 Å². The third kappa shape index (κ3) is 4.01. The first-order valence-corrected chi connectivity index (χ1v) is 7.16. The molecular formula is C17H18N2O5. The Morgan fingerprint density at radius 2 is 1.75 bits per heavy atom. The number of ether oxygens (including phenoxy) is 2. The molecule has 0 saturated carbocycles. The summed E-state index contributed by atoms with van der Waals surface area (Å²) in [4.78, 5) is 24.4. The first-order valence-electron chi connectivity index (χ1n) is 7.16. The maximum atomic E-state index is 12.6. The van der Waals surface area contributed by atoms with Crippen molar-refractivity contribution in [1.29, 1.82) is 0 Å². The van der Waals surface area contributed by atoms with Gasteiger partial charge in [0, 0.05) is 37.4 Å². The lowest BCUT2D eigenvalue weighted by Gasteiger charge is -2.18. The number of nitro groups is 1. The van der Waals surface area contributed by atoms with Crippen LogP contribution in [0.15, 0.2) is 42.5 Å². The Kier molecular flexibility index (Phi) is 5.36. The van der Waals surface area contributed by atoms with Crippen molar-refractivity contribution in [2.45, 2.75) is 6.54 Å². The standard InChI is InChI=1S/C17H18N2O5/c1-18(11-12-5-4-6-14(7-12)19(21)22)17(20)13-8-15(23-2)10-16(9-13)24-3/h4-10H,11H2,1-3H3. The van der Waals surface area contributed by atoms with E-state index in [0.717, 1.165) is 0 Å². The van der Waals surface area contributed by atoms with Crippen LogP contribution < -0.4 is 9.47 Å². The van der Waals surface area contributed by atoms with Crippen molar-refractivity contribution in [3.05, 3.63) is 63.7 Å². The number of carbonyl (C=O) groups is 1. The molecule has 2 aromatic carbocycles. The second kappa shape index (κ2) is 7.45. The van der Waals surface area contributed by atoms with Crippen LogP contribution in [0.25, 0.3) is 0 Å². The maximum absolute atomic E-state index is 12.6. The molecular weight excluding hydrogens is 312 g/mol. The third-order valence-corrected chi connectivity index (χ3v) is 3.49. The van der Waals surface area contributed by atoms with Crippen molar-refractivity contribution in [3.8, 4) is 11.5 Å². The van der Waals surface area contributed by atoms with Gasteiger partial charge in [-0.3, -0.25) is 14.9 Å². The number of hydrogen-bond donors (Lipinski definition) is 0. The molecule has 24 heavy (non-hydrogen) atoms. The van der Waals surface area contributed by atoms with Crippen LogP contribution in [-0.4, -0.2) is 37.0 Å². The second-order valence-corrected chi connectivity index (χ2v) is 5.19. The van der Waals surface area contributed by atoms with Crippen molar-refractivity contribution in [2.75, 3.05) is 21.3 Å². The number of non-ortho nitro benzene ring substituents is 1. The van der Waals surface area contributed by atoms with Crippen molar-refractivity contribution < 1.29 is 19.2 Å². The highest BCUT2D eigenvalue weighted by molar-refractivity contribution is 5.95. The minimum absolute atomic E-state index is 0.00333. The van der Waals surface area contributed by atoms with E-state index >= 15 is 0 Å². The average molecular weight is 330 g/mol. The average Bonchev–Trinajstić information content (AvgIpc) is 2.60. The Balaban J connectivity index is 2.20. The molecule has 7 heteroatoms. The fourth-order valence-corrected chi connectivity index (χ4v) is 2.27. The first-order chi connectivity index (χ1) is 11.4. The largest absolute Gasteiger partial charge is 0.497 e. The number of hydrogen-bond acceptors (Lipinski definition) is 5. The molecule has 0 atom stereocenters. The molecule has 0 fully saturated rings. The summed E-state index contributed by atoms with van der Waals surface area (Å²) in [5.41, 5.74) is 1.09. The number of nitrogens with zero attached hydrogens (tertiary/aromatic N) is 2. The number of carbonyl (C=O) groups excluding carboxylic acids is 1. The predicted molar refractivity (Wildman–Crippen MR) is 88.4 cm³/mol. The van der Waals surface area contributed by atoms with Gasteiger partial charge < -0.3 is 14.4 Å². The minimum Gasteiger partial charge on any atom is -0.497 e. The SMILES string of the molecule is COc1cc(OC)cc(C(=O)N(C)Cc2cccc([N+](=O)[O-])c2)c1. The first kappa shape index (κ1) is 17.3. The van der Waals surface area contributed by atoms with Gasteiger partial charge in [-0.1, -0.05) is 12.1 Å². The van der Waals surface area contributed by atoms with E-state index in [4.69, 9.17) is 9.47 Å². The van der Waals surface area contributed by atoms with Crippen LogP contribution in [0.2, 0.25) is 0 Å². The third-order valence-electron chi connectivity index (χ3n) is 3.49. The molecule has 0 bridgehead atoms. The zero-order chi connectivity index (χ0) is 17.7. The van der Waals surface area contributed by atoms with Gasteiger partial charge in [-0.05, 0) is 17.7 Å². The molecule has 7 nitrogen and oxygen atoms in total. The molecule has 2 rings (SSSR count). The van der Waals surface area contributed by atoms with Crippen LogP contribution in [0.4, 0.5) is 5.69 Å². The number of benzene rings is 2. The van der Waals surface area contributed by atoms with Gasteiger partial charge in [-0.15, -0.1) is 0 Å². The predicted octanol–water partition coefficient (Wildman–Crippen LogP) is 2.88. The topological polar surface area (TPSA) is 81.9 Å². The van der Waals surface area contributed by atoms with Gasteiger partial charge in [0.1, 0.15) is 11.5 Å². The van der Waals surface area contributed by atoms with E-state index in [9.17, 15) is 14.9 Å². The van der Waals surface area contributed by atoms with Crippen LogP contribution in [0, 0.1) is 10.1 Å². The van der Waals surface area contributed by atoms with Gasteiger partial charge in [0.25, 0.3) is 11.6 Å². The zero-order valence-electron chi connectivity index (χ0n) is 13.7. The highest BCUT2D eigenvalue weighted by atomic mass is 16.6. The van der Waals surface area contributed by atoms with Crippen molar-refractivity contribution in [2.24, 2.45) is 0 Å². The van der Waals surface area contributed by atoms with Gasteiger partial charge in [-0.25, -0.2) is 0 Å². The molecule has 0 heterocycles. The summed E-state index contributed by atoms with van der Waals surface area (Å²) >= 11 is 0.